The first-order valence-corrected chi connectivity index (χ1v) is 6.33. The quantitative estimate of drug-likeness (QED) is 0.845. The van der Waals surface area contributed by atoms with Gasteiger partial charge in [0.15, 0.2) is 0 Å². The van der Waals surface area contributed by atoms with Crippen molar-refractivity contribution in [2.45, 2.75) is 26.7 Å². The minimum absolute atomic E-state index is 0.571. The first kappa shape index (κ1) is 11.9. The second-order valence-corrected chi connectivity index (χ2v) is 4.57. The van der Waals surface area contributed by atoms with Gasteiger partial charge in [0.05, 0.1) is 0 Å². The van der Waals surface area contributed by atoms with Gasteiger partial charge in [-0.2, -0.15) is 9.36 Å². The van der Waals surface area contributed by atoms with Gasteiger partial charge < -0.3 is 10.5 Å². The van der Waals surface area contributed by atoms with Crippen molar-refractivity contribution in [2.75, 3.05) is 5.73 Å². The Morgan fingerprint density at radius 2 is 2.24 bits per heavy atom. The zero-order valence-corrected chi connectivity index (χ0v) is 10.8. The van der Waals surface area contributed by atoms with E-state index in [0.717, 1.165) is 30.0 Å². The molecule has 0 saturated carbocycles. The number of ether oxygens (including phenoxy) is 1. The molecule has 5 heteroatoms. The van der Waals surface area contributed by atoms with Crippen LogP contribution in [0.4, 0.5) is 5.69 Å². The molecule has 4 nitrogen and oxygen atoms in total. The van der Waals surface area contributed by atoms with Gasteiger partial charge in [-0.05, 0) is 25.0 Å². The van der Waals surface area contributed by atoms with Crippen LogP contribution in [0.15, 0.2) is 18.2 Å². The fourth-order valence-corrected chi connectivity index (χ4v) is 2.01. The average Bonchev–Trinajstić information content (AvgIpc) is 2.72. The van der Waals surface area contributed by atoms with E-state index in [0.29, 0.717) is 10.9 Å². The largest absolute Gasteiger partial charge is 0.429 e. The highest BCUT2D eigenvalue weighted by Crippen LogP contribution is 2.28. The molecule has 0 spiro atoms. The lowest BCUT2D eigenvalue weighted by atomic mass is 10.2. The predicted octanol–water partition coefficient (Wildman–Crippen LogP) is 3.17. The van der Waals surface area contributed by atoms with Crippen molar-refractivity contribution in [1.82, 2.24) is 9.36 Å². The summed E-state index contributed by atoms with van der Waals surface area (Å²) >= 11 is 1.27. The van der Waals surface area contributed by atoms with Crippen molar-refractivity contribution in [3.8, 4) is 10.9 Å². The van der Waals surface area contributed by atoms with Crippen molar-refractivity contribution in [3.05, 3.63) is 29.6 Å². The summed E-state index contributed by atoms with van der Waals surface area (Å²) in [5.74, 6) is 1.58. The summed E-state index contributed by atoms with van der Waals surface area (Å²) in [5.41, 5.74) is 7.44. The highest BCUT2D eigenvalue weighted by Gasteiger charge is 2.07. The maximum atomic E-state index is 5.72. The van der Waals surface area contributed by atoms with E-state index in [-0.39, 0.29) is 0 Å². The lowest BCUT2D eigenvalue weighted by Gasteiger charge is -2.05. The molecule has 2 rings (SSSR count). The van der Waals surface area contributed by atoms with Crippen molar-refractivity contribution < 1.29 is 4.74 Å². The van der Waals surface area contributed by atoms with Gasteiger partial charge in [-0.25, -0.2) is 0 Å². The van der Waals surface area contributed by atoms with Gasteiger partial charge in [0, 0.05) is 29.7 Å². The van der Waals surface area contributed by atoms with Crippen LogP contribution in [0.1, 0.15) is 24.7 Å². The summed E-state index contributed by atoms with van der Waals surface area (Å²) in [6.07, 6.45) is 1.92. The van der Waals surface area contributed by atoms with Crippen LogP contribution in [-0.4, -0.2) is 9.36 Å². The topological polar surface area (TPSA) is 61.0 Å². The number of aromatic nitrogens is 2. The lowest BCUT2D eigenvalue weighted by molar-refractivity contribution is 0.473. The van der Waals surface area contributed by atoms with Gasteiger partial charge in [0.2, 0.25) is 0 Å². The Morgan fingerprint density at radius 1 is 1.41 bits per heavy atom. The van der Waals surface area contributed by atoms with E-state index in [9.17, 15) is 0 Å². The molecule has 1 aromatic carbocycles. The van der Waals surface area contributed by atoms with E-state index < -0.39 is 0 Å². The van der Waals surface area contributed by atoms with Gasteiger partial charge >= 0.3 is 0 Å². The average molecular weight is 249 g/mol. The first-order valence-electron chi connectivity index (χ1n) is 5.55. The van der Waals surface area contributed by atoms with Crippen LogP contribution in [0.25, 0.3) is 0 Å². The second kappa shape index (κ2) is 5.14. The molecule has 0 atom stereocenters. The third-order valence-corrected chi connectivity index (χ3v) is 2.97. The molecule has 2 aromatic rings. The zero-order valence-electron chi connectivity index (χ0n) is 9.93. The molecule has 0 aliphatic heterocycles. The van der Waals surface area contributed by atoms with Gasteiger partial charge in [-0.15, -0.1) is 0 Å². The molecule has 0 radical (unpaired) electrons. The summed E-state index contributed by atoms with van der Waals surface area (Å²) in [6, 6.07) is 5.58. The number of benzene rings is 1. The molecule has 17 heavy (non-hydrogen) atoms. The van der Waals surface area contributed by atoms with E-state index in [2.05, 4.69) is 16.3 Å². The van der Waals surface area contributed by atoms with Gasteiger partial charge in [0.25, 0.3) is 5.19 Å². The van der Waals surface area contributed by atoms with E-state index >= 15 is 0 Å². The number of anilines is 1. The zero-order chi connectivity index (χ0) is 12.3. The number of nitrogen functional groups attached to an aromatic ring is 1. The van der Waals surface area contributed by atoms with Crippen LogP contribution in [0.2, 0.25) is 0 Å². The normalized spacial score (nSPS) is 10.5. The van der Waals surface area contributed by atoms with Crippen molar-refractivity contribution in [1.29, 1.82) is 0 Å². The Labute approximate surface area is 105 Å². The molecule has 0 amide bonds. The number of rotatable bonds is 4. The van der Waals surface area contributed by atoms with Crippen LogP contribution in [0.3, 0.4) is 0 Å². The van der Waals surface area contributed by atoms with Gasteiger partial charge in [-0.1, -0.05) is 13.0 Å². The molecular weight excluding hydrogens is 234 g/mol. The van der Waals surface area contributed by atoms with Crippen LogP contribution in [0, 0.1) is 6.92 Å². The molecule has 90 valence electrons. The summed E-state index contributed by atoms with van der Waals surface area (Å²) in [4.78, 5) is 4.31. The Bertz CT molecular complexity index is 510. The third-order valence-electron chi connectivity index (χ3n) is 2.33. The molecule has 0 fully saturated rings. The summed E-state index contributed by atoms with van der Waals surface area (Å²) in [5, 5.41) is 0.571. The van der Waals surface area contributed by atoms with Crippen LogP contribution in [0.5, 0.6) is 10.9 Å². The number of hydrogen-bond acceptors (Lipinski definition) is 5. The summed E-state index contributed by atoms with van der Waals surface area (Å²) in [7, 11) is 0. The van der Waals surface area contributed by atoms with Crippen molar-refractivity contribution in [3.63, 3.8) is 0 Å². The Balaban J connectivity index is 2.16. The molecule has 0 unspecified atom stereocenters. The van der Waals surface area contributed by atoms with Crippen LogP contribution >= 0.6 is 11.5 Å². The van der Waals surface area contributed by atoms with E-state index in [4.69, 9.17) is 10.5 Å². The molecule has 2 N–H and O–H groups in total. The smallest absolute Gasteiger partial charge is 0.298 e. The van der Waals surface area contributed by atoms with Gasteiger partial charge in [0.1, 0.15) is 11.6 Å². The molecule has 0 saturated heterocycles. The molecular formula is C12H15N3OS. The van der Waals surface area contributed by atoms with Crippen molar-refractivity contribution >= 4 is 17.2 Å². The minimum Gasteiger partial charge on any atom is -0.429 e. The molecule has 1 aromatic heterocycles. The lowest BCUT2D eigenvalue weighted by Crippen LogP contribution is -1.91. The molecule has 0 aliphatic carbocycles. The third kappa shape index (κ3) is 2.94. The molecule has 0 aliphatic rings. The fourth-order valence-electron chi connectivity index (χ4n) is 1.43. The fraction of sp³-hybridized carbons (Fsp3) is 0.333. The van der Waals surface area contributed by atoms with Gasteiger partial charge in [-0.3, -0.25) is 0 Å². The molecule has 1 heterocycles. The highest BCUT2D eigenvalue weighted by atomic mass is 32.1. The summed E-state index contributed by atoms with van der Waals surface area (Å²) in [6.45, 7) is 4.08. The SMILES string of the molecule is CCCc1nsc(Oc2cc(N)ccc2C)n1. The van der Waals surface area contributed by atoms with Crippen LogP contribution in [-0.2, 0) is 6.42 Å². The van der Waals surface area contributed by atoms with Crippen molar-refractivity contribution in [2.24, 2.45) is 0 Å². The molecule has 0 bridgehead atoms. The number of nitrogens with zero attached hydrogens (tertiary/aromatic N) is 2. The first-order chi connectivity index (χ1) is 8.19. The maximum Gasteiger partial charge on any atom is 0.298 e. The van der Waals surface area contributed by atoms with E-state index in [1.807, 2.05) is 19.1 Å². The number of hydrogen-bond donors (Lipinski definition) is 1. The van der Waals surface area contributed by atoms with Crippen LogP contribution < -0.4 is 10.5 Å². The second-order valence-electron chi connectivity index (χ2n) is 3.85. The Hall–Kier alpha value is -1.62. The maximum absolute atomic E-state index is 5.72. The van der Waals surface area contributed by atoms with E-state index in [1.54, 1.807) is 6.07 Å². The highest BCUT2D eigenvalue weighted by molar-refractivity contribution is 7.07. The van der Waals surface area contributed by atoms with E-state index in [1.165, 1.54) is 11.5 Å². The minimum atomic E-state index is 0.571. The Kier molecular flexibility index (Phi) is 3.58. The monoisotopic (exact) mass is 249 g/mol. The summed E-state index contributed by atoms with van der Waals surface area (Å²) < 4.78 is 9.91. The number of aryl methyl sites for hydroxylation is 2. The Morgan fingerprint density at radius 3 is 3.00 bits per heavy atom. The number of nitrogens with two attached hydrogens (primary N) is 1. The standard InChI is InChI=1S/C12H15N3OS/c1-3-4-11-14-12(17-15-11)16-10-7-9(13)6-5-8(10)2/h5-7H,3-4,13H2,1-2H3. The predicted molar refractivity (Wildman–Crippen MR) is 69.6 cm³/mol.